The van der Waals surface area contributed by atoms with Crippen molar-refractivity contribution in [1.29, 1.82) is 0 Å². The highest BCUT2D eigenvalue weighted by atomic mass is 16.3. The van der Waals surface area contributed by atoms with Crippen LogP contribution < -0.4 is 19.6 Å². The molecule has 8 aliphatic rings. The molecule has 20 aromatic carbocycles. The quantitative estimate of drug-likeness (QED) is 0.121. The zero-order valence-corrected chi connectivity index (χ0v) is 83.1. The minimum absolute atomic E-state index is 0.0348. The molecule has 22 aromatic rings. The monoisotopic (exact) mass is 1880 g/mol. The minimum atomic E-state index is -0.0976. The lowest BCUT2D eigenvalue weighted by Gasteiger charge is -2.31. The van der Waals surface area contributed by atoms with Gasteiger partial charge >= 0.3 is 0 Å². The van der Waals surface area contributed by atoms with E-state index in [0.29, 0.717) is 11.8 Å². The third-order valence-electron chi connectivity index (χ3n) is 35.0. The van der Waals surface area contributed by atoms with E-state index in [-0.39, 0.29) is 57.7 Å². The van der Waals surface area contributed by atoms with Crippen LogP contribution in [-0.4, -0.2) is 0 Å². The smallest absolute Gasteiger partial charge is 0.135 e. The molecule has 0 fully saturated rings. The second-order valence-electron chi connectivity index (χ2n) is 44.2. The zero-order valence-electron chi connectivity index (χ0n) is 83.1. The maximum atomic E-state index is 6.62. The van der Waals surface area contributed by atoms with Gasteiger partial charge in [-0.05, 0) is 335 Å². The van der Waals surface area contributed by atoms with E-state index in [4.69, 9.17) is 8.83 Å². The predicted molar refractivity (Wildman–Crippen MR) is 605 cm³/mol. The van der Waals surface area contributed by atoms with Crippen LogP contribution in [0.1, 0.15) is 170 Å². The van der Waals surface area contributed by atoms with Crippen molar-refractivity contribution in [3.05, 3.63) is 528 Å². The molecule has 8 atom stereocenters. The van der Waals surface area contributed by atoms with Gasteiger partial charge in [0.2, 0.25) is 0 Å². The number of anilines is 8. The third kappa shape index (κ3) is 13.0. The number of fused-ring (bicyclic) bond motifs is 26. The van der Waals surface area contributed by atoms with E-state index in [1.807, 2.05) is 0 Å². The Morgan fingerprint density at radius 1 is 0.158 bits per heavy atom. The molecule has 2 aromatic heterocycles. The van der Waals surface area contributed by atoms with Gasteiger partial charge < -0.3 is 28.4 Å². The summed E-state index contributed by atoms with van der Waals surface area (Å²) in [5, 5.41) is 4.55. The number of rotatable bonds is 12. The molecular weight excluding hydrogens is 1770 g/mol. The summed E-state index contributed by atoms with van der Waals surface area (Å²) < 4.78 is 13.2. The summed E-state index contributed by atoms with van der Waals surface area (Å²) in [6, 6.07) is 173. The molecule has 0 radical (unpaired) electrons. The Kier molecular flexibility index (Phi) is 19.0. The van der Waals surface area contributed by atoms with Crippen LogP contribution in [0.3, 0.4) is 0 Å². The zero-order chi connectivity index (χ0) is 97.5. The first-order chi connectivity index (χ1) is 71.4. The van der Waals surface area contributed by atoms with Gasteiger partial charge in [0.25, 0.3) is 0 Å². The summed E-state index contributed by atoms with van der Waals surface area (Å²) in [6.45, 7) is 19.6. The average Bonchev–Trinajstić information content (AvgIpc) is 1.54. The van der Waals surface area contributed by atoms with Crippen molar-refractivity contribution >= 4 is 89.4 Å². The van der Waals surface area contributed by atoms with Crippen LogP contribution in [0.5, 0.6) is 0 Å². The maximum Gasteiger partial charge on any atom is 0.135 e. The lowest BCUT2D eigenvalue weighted by molar-refractivity contribution is 0.420. The summed E-state index contributed by atoms with van der Waals surface area (Å²) in [4.78, 5) is 10.5. The Morgan fingerprint density at radius 3 is 0.596 bits per heavy atom. The molecule has 0 saturated carbocycles. The molecule has 6 heteroatoms. The molecule has 6 heterocycles. The average molecular weight is 1880 g/mol. The minimum Gasteiger partial charge on any atom is -0.456 e. The third-order valence-corrected chi connectivity index (χ3v) is 35.0. The van der Waals surface area contributed by atoms with Crippen LogP contribution in [0.15, 0.2) is 470 Å². The Bertz CT molecular complexity index is 8440. The highest BCUT2D eigenvalue weighted by molar-refractivity contribution is 6.10. The summed E-state index contributed by atoms with van der Waals surface area (Å²) >= 11 is 0. The van der Waals surface area contributed by atoms with Crippen molar-refractivity contribution in [2.75, 3.05) is 19.6 Å². The van der Waals surface area contributed by atoms with Gasteiger partial charge in [0.05, 0.1) is 24.2 Å². The molecule has 8 unspecified atom stereocenters. The lowest BCUT2D eigenvalue weighted by atomic mass is 9.74. The van der Waals surface area contributed by atoms with Gasteiger partial charge in [-0.2, -0.15) is 0 Å². The van der Waals surface area contributed by atoms with E-state index in [0.717, 1.165) is 43.9 Å². The van der Waals surface area contributed by atoms with Gasteiger partial charge in [-0.1, -0.05) is 359 Å². The number of furan rings is 2. The van der Waals surface area contributed by atoms with Crippen LogP contribution in [0.4, 0.5) is 45.5 Å². The molecule has 6 nitrogen and oxygen atoms in total. The van der Waals surface area contributed by atoms with E-state index in [9.17, 15) is 0 Å². The van der Waals surface area contributed by atoms with Gasteiger partial charge in [0.15, 0.2) is 0 Å². The van der Waals surface area contributed by atoms with E-state index in [1.165, 1.54) is 201 Å². The highest BCUT2D eigenvalue weighted by Gasteiger charge is 2.59. The summed E-state index contributed by atoms with van der Waals surface area (Å²) in [7, 11) is 0. The first kappa shape index (κ1) is 85.9. The van der Waals surface area contributed by atoms with Gasteiger partial charge in [0.1, 0.15) is 22.3 Å². The van der Waals surface area contributed by atoms with Gasteiger partial charge in [-0.3, -0.25) is 0 Å². The van der Waals surface area contributed by atoms with E-state index < -0.39 is 0 Å². The van der Waals surface area contributed by atoms with Crippen molar-refractivity contribution in [2.24, 2.45) is 0 Å². The normalized spacial score (nSPS) is 19.4. The van der Waals surface area contributed by atoms with Gasteiger partial charge in [-0.25, -0.2) is 0 Å². The lowest BCUT2D eigenvalue weighted by Crippen LogP contribution is -2.25. The fourth-order valence-electron chi connectivity index (χ4n) is 28.5. The van der Waals surface area contributed by atoms with Gasteiger partial charge in [-0.15, -0.1) is 0 Å². The summed E-state index contributed by atoms with van der Waals surface area (Å²) in [6.07, 6.45) is 0. The number of para-hydroxylation sites is 2. The highest BCUT2D eigenvalue weighted by Crippen LogP contribution is 2.71. The molecule has 0 bridgehead atoms. The second kappa shape index (κ2) is 32.4. The van der Waals surface area contributed by atoms with E-state index in [2.05, 4.69) is 536 Å². The van der Waals surface area contributed by atoms with Crippen molar-refractivity contribution < 1.29 is 8.83 Å². The molecule has 30 rings (SSSR count). The molecule has 0 saturated heterocycles. The number of hydrogen-bond acceptors (Lipinski definition) is 6. The number of hydrogen-bond donors (Lipinski definition) is 0. The van der Waals surface area contributed by atoms with E-state index in [1.54, 1.807) is 0 Å². The second-order valence-corrected chi connectivity index (χ2v) is 44.2. The molecule has 4 aliphatic carbocycles. The molecule has 0 amide bonds. The maximum absolute atomic E-state index is 6.62. The Labute approximate surface area is 853 Å². The van der Waals surface area contributed by atoms with Crippen LogP contribution >= 0.6 is 0 Å². The molecule has 700 valence electrons. The van der Waals surface area contributed by atoms with Crippen LogP contribution in [0.2, 0.25) is 0 Å². The van der Waals surface area contributed by atoms with Crippen molar-refractivity contribution in [3.63, 3.8) is 0 Å². The first-order valence-corrected chi connectivity index (χ1v) is 52.1. The molecule has 146 heavy (non-hydrogen) atoms. The fraction of sp³-hybridized carbons (Fsp3) is 0.143. The summed E-state index contributed by atoms with van der Waals surface area (Å²) in [5.41, 5.74) is 50.0. The fourth-order valence-corrected chi connectivity index (χ4v) is 28.5. The Morgan fingerprint density at radius 2 is 0.356 bits per heavy atom. The van der Waals surface area contributed by atoms with Gasteiger partial charge in [0, 0.05) is 90.7 Å². The van der Waals surface area contributed by atoms with Crippen molar-refractivity contribution in [2.45, 2.75) is 125 Å². The predicted octanol–water partition coefficient (Wildman–Crippen LogP) is 37.6. The van der Waals surface area contributed by atoms with Crippen molar-refractivity contribution in [3.8, 4) is 89.0 Å². The van der Waals surface area contributed by atoms with Crippen molar-refractivity contribution in [1.82, 2.24) is 0 Å². The van der Waals surface area contributed by atoms with E-state index >= 15 is 0 Å². The molecule has 4 aliphatic heterocycles. The molecule has 0 N–H and O–H groups in total. The number of nitrogens with zero attached hydrogens (tertiary/aromatic N) is 4. The summed E-state index contributed by atoms with van der Waals surface area (Å²) in [5.74, 6) is 1.11. The number of benzene rings is 20. The van der Waals surface area contributed by atoms with Crippen LogP contribution in [0.25, 0.3) is 133 Å². The van der Waals surface area contributed by atoms with Crippen LogP contribution in [-0.2, 0) is 21.7 Å². The standard InChI is InChI=1S/2C70H54N2O/c2*1-69(2)59-26-16-14-24-53(59)67-65(69)57-41-45(28-32-61(57)71(67)51-22-12-7-13-23-51)47-30-34-63-55(39-47)56-40-48(31-35-64(56)73-63)46-29-33-62-58(42-46)66-68(54-25-15-17-27-60(54)70(66,3)4)72(62)52-37-49(43-18-8-5-9-19-43)36-50(38-52)44-20-10-6-11-21-44/h2*5-42,65-68H,1-4H3. The Hall–Kier alpha value is -16.8. The van der Waals surface area contributed by atoms with Crippen LogP contribution in [0, 0.1) is 0 Å². The topological polar surface area (TPSA) is 39.2 Å². The largest absolute Gasteiger partial charge is 0.456 e. The Balaban J connectivity index is 0.000000138. The first-order valence-electron chi connectivity index (χ1n) is 52.1. The molecule has 0 spiro atoms. The molecular formula is C140H108N4O2. The SMILES string of the molecule is CC1(C)c2ccccc2C2C1c1cc(-c3ccc4oc5ccc(-c6ccc7c(c6)C6C(c8ccccc8C6(C)C)N7c6cc(-c7ccccc7)cc(-c7ccccc7)c6)cc5c4c3)ccc1N2c1ccccc1.CC1(C)c2ccccc2C2C1c1cc(-c3ccc4oc5ccc(-c6ccc7c(c6)C6C(c8ccccc8C6(C)C)N7c6cc(-c7ccccc7)cc(-c7ccccc7)c6)cc5c4c3)ccc1N2c1ccccc1.